The molecule has 9 heavy (non-hydrogen) atoms. The Morgan fingerprint density at radius 3 is 2.67 bits per heavy atom. The third-order valence-corrected chi connectivity index (χ3v) is 0.648. The van der Waals surface area contributed by atoms with Crippen molar-refractivity contribution in [2.75, 3.05) is 0 Å². The molecule has 1 rings (SSSR count). The molecule has 0 saturated heterocycles. The first-order valence-corrected chi connectivity index (χ1v) is 2.01. The molecule has 5 heteroatoms. The Labute approximate surface area is 71.5 Å². The van der Waals surface area contributed by atoms with Crippen LogP contribution in [0.3, 0.4) is 0 Å². The van der Waals surface area contributed by atoms with Crippen molar-refractivity contribution in [3.05, 3.63) is 22.6 Å². The number of hydrogen-bond donors (Lipinski definition) is 1. The van der Waals surface area contributed by atoms with Crippen molar-refractivity contribution in [3.8, 4) is 6.01 Å². The zero-order chi connectivity index (χ0) is 5.98. The molecule has 1 aromatic rings. The Morgan fingerprint density at radius 1 is 1.67 bits per heavy atom. The van der Waals surface area contributed by atoms with Crippen LogP contribution in [0.2, 0.25) is 0 Å². The van der Waals surface area contributed by atoms with Gasteiger partial charge in [-0.15, -0.1) is 0 Å². The molecule has 1 radical (unpaired) electrons. The van der Waals surface area contributed by atoms with Crippen LogP contribution >= 0.6 is 0 Å². The normalized spacial score (nSPS) is 8.00. The third-order valence-electron chi connectivity index (χ3n) is 0.648. The zero-order valence-corrected chi connectivity index (χ0v) is 10.1. The van der Waals surface area contributed by atoms with E-state index in [-0.39, 0.29) is 27.7 Å². The summed E-state index contributed by atoms with van der Waals surface area (Å²) in [5, 5.41) is 10.1. The molecule has 0 saturated carbocycles. The maximum atomic E-state index is 10.2. The molecule has 0 aliphatic rings. The minimum absolute atomic E-state index is 0. The van der Waals surface area contributed by atoms with E-state index in [1.807, 2.05) is 4.98 Å². The van der Waals surface area contributed by atoms with E-state index in [2.05, 4.69) is 4.98 Å². The summed E-state index contributed by atoms with van der Waals surface area (Å²) in [6.07, 6.45) is 1.17. The van der Waals surface area contributed by atoms with Gasteiger partial charge in [-0.2, -0.15) is 0 Å². The summed E-state index contributed by atoms with van der Waals surface area (Å²) in [6, 6.07) is 0.582. The second kappa shape index (κ2) is 3.60. The van der Waals surface area contributed by atoms with Crippen molar-refractivity contribution in [3.63, 3.8) is 0 Å². The van der Waals surface area contributed by atoms with Gasteiger partial charge in [0.2, 0.25) is 5.56 Å². The molecule has 0 aromatic carbocycles. The number of nitrogens with zero attached hydrogens (tertiary/aromatic N) is 1. The third kappa shape index (κ3) is 2.60. The number of aromatic amines is 1. The van der Waals surface area contributed by atoms with Crippen molar-refractivity contribution >= 4 is 0 Å². The minimum Gasteiger partial charge on any atom is -0.846 e. The summed E-state index contributed by atoms with van der Waals surface area (Å²) in [4.78, 5) is 15.4. The monoisotopic (exact) mass is 313 g/mol. The second-order valence-electron chi connectivity index (χ2n) is 1.24. The largest absolute Gasteiger partial charge is 1.00 e. The van der Waals surface area contributed by atoms with Crippen molar-refractivity contribution in [2.45, 2.75) is 0 Å². The molecular formula is C4H3HgN2O2. The number of hydrogen-bond acceptors (Lipinski definition) is 3. The van der Waals surface area contributed by atoms with Crippen LogP contribution in [0, 0.1) is 0 Å². The first-order chi connectivity index (χ1) is 3.79. The molecule has 0 amide bonds. The van der Waals surface area contributed by atoms with Gasteiger partial charge in [0.1, 0.15) is 0 Å². The van der Waals surface area contributed by atoms with Gasteiger partial charge in [0.25, 0.3) is 0 Å². The van der Waals surface area contributed by atoms with Gasteiger partial charge in [-0.3, -0.25) is 9.78 Å². The molecule has 0 spiro atoms. The molecule has 0 aliphatic heterocycles. The van der Waals surface area contributed by atoms with Crippen LogP contribution in [0.1, 0.15) is 0 Å². The van der Waals surface area contributed by atoms with E-state index in [9.17, 15) is 9.90 Å². The molecule has 4 nitrogen and oxygen atoms in total. The van der Waals surface area contributed by atoms with E-state index in [0.29, 0.717) is 0 Å². The van der Waals surface area contributed by atoms with Gasteiger partial charge >= 0.3 is 27.7 Å². The molecule has 1 heterocycles. The topological polar surface area (TPSA) is 68.8 Å². The van der Waals surface area contributed by atoms with E-state index >= 15 is 0 Å². The Hall–Kier alpha value is -0.385. The van der Waals surface area contributed by atoms with Crippen LogP contribution in [0.15, 0.2) is 17.1 Å². The zero-order valence-electron chi connectivity index (χ0n) is 4.63. The maximum absolute atomic E-state index is 10.2. The summed E-state index contributed by atoms with van der Waals surface area (Å²) >= 11 is 0. The summed E-state index contributed by atoms with van der Waals surface area (Å²) in [5.74, 6) is 0. The van der Waals surface area contributed by atoms with Crippen LogP contribution in [0.4, 0.5) is 0 Å². The first kappa shape index (κ1) is 8.62. The fourth-order valence-electron chi connectivity index (χ4n) is 0.352. The summed E-state index contributed by atoms with van der Waals surface area (Å²) in [7, 11) is 0. The Balaban J connectivity index is 0.000000640. The molecule has 0 unspecified atom stereocenters. The van der Waals surface area contributed by atoms with E-state index in [0.717, 1.165) is 0 Å². The average Bonchev–Trinajstić information content (AvgIpc) is 1.64. The molecule has 0 atom stereocenters. The molecule has 1 aromatic heterocycles. The van der Waals surface area contributed by atoms with Crippen LogP contribution in [0.25, 0.3) is 0 Å². The SMILES string of the molecule is O=c1ccnc([O-])[nH]1.[Hg+]. The van der Waals surface area contributed by atoms with Crippen LogP contribution in [-0.4, -0.2) is 9.97 Å². The van der Waals surface area contributed by atoms with E-state index in [1.165, 1.54) is 12.3 Å². The van der Waals surface area contributed by atoms with Gasteiger partial charge in [-0.05, 0) is 0 Å². The van der Waals surface area contributed by atoms with E-state index < -0.39 is 11.6 Å². The van der Waals surface area contributed by atoms with Gasteiger partial charge in [-0.1, -0.05) is 0 Å². The molecule has 0 bridgehead atoms. The van der Waals surface area contributed by atoms with Crippen molar-refractivity contribution in [2.24, 2.45) is 0 Å². The van der Waals surface area contributed by atoms with Crippen molar-refractivity contribution in [1.82, 2.24) is 9.97 Å². The van der Waals surface area contributed by atoms with Gasteiger partial charge in [0.15, 0.2) is 0 Å². The second-order valence-corrected chi connectivity index (χ2v) is 1.24. The summed E-state index contributed by atoms with van der Waals surface area (Å²) < 4.78 is 0. The molecular weight excluding hydrogens is 309 g/mol. The van der Waals surface area contributed by atoms with Gasteiger partial charge in [0.05, 0.1) is 6.01 Å². The molecule has 43 valence electrons. The fourth-order valence-corrected chi connectivity index (χ4v) is 0.352. The van der Waals surface area contributed by atoms with E-state index in [4.69, 9.17) is 0 Å². The van der Waals surface area contributed by atoms with Gasteiger partial charge in [-0.25, -0.2) is 0 Å². The van der Waals surface area contributed by atoms with E-state index in [1.54, 1.807) is 0 Å². The minimum atomic E-state index is -0.600. The number of rotatable bonds is 0. The summed E-state index contributed by atoms with van der Waals surface area (Å²) in [6.45, 7) is 0. The van der Waals surface area contributed by atoms with Crippen molar-refractivity contribution in [1.29, 1.82) is 0 Å². The maximum Gasteiger partial charge on any atom is 1.00 e. The smallest absolute Gasteiger partial charge is 0.846 e. The Bertz CT molecular complexity index is 234. The summed E-state index contributed by atoms with van der Waals surface area (Å²) in [5.41, 5.74) is -0.412. The van der Waals surface area contributed by atoms with Crippen LogP contribution in [-0.2, 0) is 27.7 Å². The number of H-pyrrole nitrogens is 1. The number of nitrogens with one attached hydrogen (secondary N) is 1. The number of aromatic nitrogens is 2. The standard InChI is InChI=1S/C4H4N2O2.Hg/c7-3-1-2-5-4(8)6-3;/h1-2H,(H2,5,6,7,8);/q;+1/p-1. The van der Waals surface area contributed by atoms with Crippen molar-refractivity contribution < 1.29 is 32.8 Å². The molecule has 0 aliphatic carbocycles. The molecule has 0 fully saturated rings. The first-order valence-electron chi connectivity index (χ1n) is 2.01. The molecule has 1 N–H and O–H groups in total. The van der Waals surface area contributed by atoms with Crippen LogP contribution in [0.5, 0.6) is 6.01 Å². The van der Waals surface area contributed by atoms with Gasteiger partial charge < -0.3 is 10.1 Å². The Kier molecular flexibility index (Phi) is 3.45. The predicted octanol–water partition coefficient (Wildman–Crippen LogP) is -1.16. The Morgan fingerprint density at radius 2 is 2.33 bits per heavy atom. The quantitative estimate of drug-likeness (QED) is 0.615. The van der Waals surface area contributed by atoms with Gasteiger partial charge in [0, 0.05) is 12.3 Å². The predicted molar refractivity (Wildman–Crippen MR) is 24.3 cm³/mol. The fraction of sp³-hybridized carbons (Fsp3) is 0. The average molecular weight is 312 g/mol. The van der Waals surface area contributed by atoms with Crippen LogP contribution < -0.4 is 10.7 Å².